The zero-order valence-electron chi connectivity index (χ0n) is 20.5. The van der Waals surface area contributed by atoms with E-state index >= 15 is 0 Å². The van der Waals surface area contributed by atoms with Crippen LogP contribution < -0.4 is 0 Å². The molecule has 0 aliphatic heterocycles. The Labute approximate surface area is 205 Å². The van der Waals surface area contributed by atoms with Crippen LogP contribution in [0, 0.1) is 5.92 Å². The lowest BCUT2D eigenvalue weighted by molar-refractivity contribution is 0.622. The minimum Gasteiger partial charge on any atom is -0.0952 e. The standard InChI is InChI=1S/C34H34/c1-5-26-16-11-17-29(20-26)34-32(23(2)18-27-12-7-6-8-13-27)24(3)19-31-22-30(25(4)33(31)34)21-28-14-9-10-15-28/h6-14,16-17,19-21,33-34H,2,4-5,15,18,22H2,1,3H3. The molecule has 0 radical (unpaired) electrons. The van der Waals surface area contributed by atoms with E-state index in [0.717, 1.165) is 25.7 Å². The van der Waals surface area contributed by atoms with Crippen molar-refractivity contribution in [1.82, 2.24) is 0 Å². The van der Waals surface area contributed by atoms with Crippen molar-refractivity contribution in [1.29, 1.82) is 0 Å². The van der Waals surface area contributed by atoms with Gasteiger partial charge in [0.15, 0.2) is 0 Å². The number of benzene rings is 2. The molecule has 2 aromatic rings. The first kappa shape index (κ1) is 22.4. The van der Waals surface area contributed by atoms with E-state index in [-0.39, 0.29) is 5.92 Å². The van der Waals surface area contributed by atoms with Crippen LogP contribution in [0.2, 0.25) is 0 Å². The van der Waals surface area contributed by atoms with E-state index in [1.165, 1.54) is 55.7 Å². The molecule has 2 unspecified atom stereocenters. The van der Waals surface area contributed by atoms with Gasteiger partial charge in [-0.3, -0.25) is 0 Å². The Morgan fingerprint density at radius 3 is 2.56 bits per heavy atom. The van der Waals surface area contributed by atoms with Gasteiger partial charge in [-0.25, -0.2) is 0 Å². The molecule has 0 heterocycles. The topological polar surface area (TPSA) is 0 Å². The Morgan fingerprint density at radius 2 is 1.82 bits per heavy atom. The van der Waals surface area contributed by atoms with Gasteiger partial charge in [-0.1, -0.05) is 111 Å². The second-order valence-electron chi connectivity index (χ2n) is 9.88. The van der Waals surface area contributed by atoms with Gasteiger partial charge in [-0.15, -0.1) is 0 Å². The average molecular weight is 443 g/mol. The molecular formula is C34H34. The normalized spacial score (nSPS) is 22.8. The van der Waals surface area contributed by atoms with Gasteiger partial charge in [-0.05, 0) is 82.7 Å². The summed E-state index contributed by atoms with van der Waals surface area (Å²) in [6.07, 6.45) is 15.4. The highest BCUT2D eigenvalue weighted by Gasteiger charge is 2.41. The van der Waals surface area contributed by atoms with Gasteiger partial charge < -0.3 is 0 Å². The largest absolute Gasteiger partial charge is 0.0952 e. The second kappa shape index (κ2) is 9.47. The molecule has 3 aliphatic rings. The lowest BCUT2D eigenvalue weighted by Gasteiger charge is -2.35. The van der Waals surface area contributed by atoms with Crippen molar-refractivity contribution in [3.8, 4) is 0 Å². The van der Waals surface area contributed by atoms with Crippen LogP contribution in [0.3, 0.4) is 0 Å². The molecule has 0 nitrogen and oxygen atoms in total. The summed E-state index contributed by atoms with van der Waals surface area (Å²) < 4.78 is 0. The van der Waals surface area contributed by atoms with Gasteiger partial charge in [-0.2, -0.15) is 0 Å². The molecular weight excluding hydrogens is 408 g/mol. The molecule has 0 spiro atoms. The van der Waals surface area contributed by atoms with E-state index in [1.807, 2.05) is 0 Å². The molecule has 1 fully saturated rings. The molecule has 0 N–H and O–H groups in total. The molecule has 1 saturated carbocycles. The first-order valence-electron chi connectivity index (χ1n) is 12.5. The number of fused-ring (bicyclic) bond motifs is 1. The second-order valence-corrected chi connectivity index (χ2v) is 9.88. The van der Waals surface area contributed by atoms with Crippen LogP contribution in [-0.2, 0) is 12.8 Å². The molecule has 0 heteroatoms. The fraction of sp³-hybridized carbons (Fsp3) is 0.235. The molecule has 170 valence electrons. The van der Waals surface area contributed by atoms with Crippen molar-refractivity contribution in [2.75, 3.05) is 0 Å². The molecule has 2 atom stereocenters. The summed E-state index contributed by atoms with van der Waals surface area (Å²) in [5.41, 5.74) is 13.6. The van der Waals surface area contributed by atoms with E-state index < -0.39 is 0 Å². The van der Waals surface area contributed by atoms with Crippen molar-refractivity contribution in [2.24, 2.45) is 5.92 Å². The van der Waals surface area contributed by atoms with Gasteiger partial charge in [0.1, 0.15) is 0 Å². The Balaban J connectivity index is 1.58. The van der Waals surface area contributed by atoms with Crippen molar-refractivity contribution < 1.29 is 0 Å². The maximum absolute atomic E-state index is 4.67. The Morgan fingerprint density at radius 1 is 1.03 bits per heavy atom. The van der Waals surface area contributed by atoms with Crippen LogP contribution in [0.5, 0.6) is 0 Å². The molecule has 0 bridgehead atoms. The van der Waals surface area contributed by atoms with Crippen LogP contribution in [-0.4, -0.2) is 0 Å². The quantitative estimate of drug-likeness (QED) is 0.419. The summed E-state index contributed by atoms with van der Waals surface area (Å²) in [7, 11) is 0. The van der Waals surface area contributed by atoms with Crippen LogP contribution >= 0.6 is 0 Å². The summed E-state index contributed by atoms with van der Waals surface area (Å²) >= 11 is 0. The van der Waals surface area contributed by atoms with E-state index in [4.69, 9.17) is 0 Å². The zero-order chi connectivity index (χ0) is 23.7. The predicted octanol–water partition coefficient (Wildman–Crippen LogP) is 8.78. The maximum atomic E-state index is 4.67. The maximum Gasteiger partial charge on any atom is 0.0201 e. The first-order chi connectivity index (χ1) is 16.5. The number of hydrogen-bond donors (Lipinski definition) is 0. The fourth-order valence-electron chi connectivity index (χ4n) is 5.93. The third kappa shape index (κ3) is 4.26. The number of rotatable bonds is 6. The SMILES string of the molecule is C=C(Cc1ccccc1)C1=C(C)C=C2CC(=CC3=CC=CC3)C(=C)C2C1c1cccc(CC)c1. The van der Waals surface area contributed by atoms with Gasteiger partial charge in [0, 0.05) is 11.8 Å². The molecule has 0 aromatic heterocycles. The fourth-order valence-corrected chi connectivity index (χ4v) is 5.93. The number of aryl methyl sites for hydroxylation is 1. The summed E-state index contributed by atoms with van der Waals surface area (Å²) in [4.78, 5) is 0. The summed E-state index contributed by atoms with van der Waals surface area (Å²) in [5.74, 6) is 0.566. The van der Waals surface area contributed by atoms with Crippen LogP contribution in [0.15, 0.2) is 137 Å². The molecule has 34 heavy (non-hydrogen) atoms. The minimum atomic E-state index is 0.261. The number of hydrogen-bond acceptors (Lipinski definition) is 0. The van der Waals surface area contributed by atoms with Crippen molar-refractivity contribution in [3.05, 3.63) is 154 Å². The van der Waals surface area contributed by atoms with E-state index in [9.17, 15) is 0 Å². The van der Waals surface area contributed by atoms with Crippen molar-refractivity contribution in [2.45, 2.75) is 45.4 Å². The van der Waals surface area contributed by atoms with Gasteiger partial charge in [0.2, 0.25) is 0 Å². The molecule has 3 aliphatic carbocycles. The third-order valence-corrected chi connectivity index (χ3v) is 7.57. The number of allylic oxidation sites excluding steroid dienone is 12. The highest BCUT2D eigenvalue weighted by molar-refractivity contribution is 5.62. The predicted molar refractivity (Wildman–Crippen MR) is 146 cm³/mol. The van der Waals surface area contributed by atoms with E-state index in [1.54, 1.807) is 0 Å². The Bertz CT molecular complexity index is 1290. The zero-order valence-corrected chi connectivity index (χ0v) is 20.5. The lowest BCUT2D eigenvalue weighted by atomic mass is 9.69. The van der Waals surface area contributed by atoms with Gasteiger partial charge >= 0.3 is 0 Å². The van der Waals surface area contributed by atoms with Crippen molar-refractivity contribution in [3.63, 3.8) is 0 Å². The van der Waals surface area contributed by atoms with E-state index in [2.05, 4.69) is 112 Å². The van der Waals surface area contributed by atoms with E-state index in [0.29, 0.717) is 5.92 Å². The summed E-state index contributed by atoms with van der Waals surface area (Å²) in [6, 6.07) is 19.9. The van der Waals surface area contributed by atoms with Crippen molar-refractivity contribution >= 4 is 0 Å². The monoisotopic (exact) mass is 442 g/mol. The van der Waals surface area contributed by atoms with Crippen LogP contribution in [0.1, 0.15) is 49.3 Å². The molecule has 0 amide bonds. The molecule has 0 saturated heterocycles. The lowest BCUT2D eigenvalue weighted by Crippen LogP contribution is -2.21. The highest BCUT2D eigenvalue weighted by Crippen LogP contribution is 2.55. The first-order valence-corrected chi connectivity index (χ1v) is 12.5. The minimum absolute atomic E-state index is 0.261. The Kier molecular flexibility index (Phi) is 6.24. The van der Waals surface area contributed by atoms with Gasteiger partial charge in [0.05, 0.1) is 0 Å². The van der Waals surface area contributed by atoms with Crippen LogP contribution in [0.4, 0.5) is 0 Å². The highest BCUT2D eigenvalue weighted by atomic mass is 14.4. The molecule has 5 rings (SSSR count). The average Bonchev–Trinajstić information content (AvgIpc) is 3.47. The third-order valence-electron chi connectivity index (χ3n) is 7.57. The van der Waals surface area contributed by atoms with Crippen LogP contribution in [0.25, 0.3) is 0 Å². The summed E-state index contributed by atoms with van der Waals surface area (Å²) in [6.45, 7) is 13.8. The summed E-state index contributed by atoms with van der Waals surface area (Å²) in [5, 5.41) is 0. The molecule has 2 aromatic carbocycles. The Hall–Kier alpha value is -3.38. The smallest absolute Gasteiger partial charge is 0.0201 e. The van der Waals surface area contributed by atoms with Gasteiger partial charge in [0.25, 0.3) is 0 Å².